The molecule has 0 spiro atoms. The maximum atomic E-state index is 12.6. The Morgan fingerprint density at radius 3 is 2.69 bits per heavy atom. The molecule has 142 valence electrons. The van der Waals surface area contributed by atoms with Crippen molar-refractivity contribution in [2.45, 2.75) is 52.6 Å². The Labute approximate surface area is 155 Å². The number of aryl methyl sites for hydroxylation is 1. The summed E-state index contributed by atoms with van der Waals surface area (Å²) in [7, 11) is 0. The summed E-state index contributed by atoms with van der Waals surface area (Å²) in [4.78, 5) is 21.2. The molecule has 1 aliphatic rings. The molecule has 0 N–H and O–H groups in total. The first-order valence-corrected chi connectivity index (χ1v) is 9.26. The van der Waals surface area contributed by atoms with Gasteiger partial charge in [0.25, 0.3) is 0 Å². The minimum absolute atomic E-state index is 0.0299. The van der Waals surface area contributed by atoms with Crippen LogP contribution in [0.5, 0.6) is 0 Å². The topological polar surface area (TPSA) is 67.4 Å². The van der Waals surface area contributed by atoms with Crippen LogP contribution in [-0.2, 0) is 23.3 Å². The fraction of sp³-hybridized carbons (Fsp3) is 0.632. The highest BCUT2D eigenvalue weighted by Gasteiger charge is 2.23. The molecule has 1 amide bonds. The average molecular weight is 359 g/mol. The lowest BCUT2D eigenvalue weighted by Crippen LogP contribution is -2.37. The fourth-order valence-corrected chi connectivity index (χ4v) is 3.09. The number of carbonyl (C=O) groups excluding carboxylic acids is 1. The number of aromatic nitrogens is 3. The summed E-state index contributed by atoms with van der Waals surface area (Å²) in [6.45, 7) is 12.6. The number of oxazole rings is 1. The normalized spacial score (nSPS) is 16.7. The van der Waals surface area contributed by atoms with Crippen LogP contribution in [0.2, 0.25) is 0 Å². The van der Waals surface area contributed by atoms with Gasteiger partial charge in [0, 0.05) is 43.5 Å². The van der Waals surface area contributed by atoms with E-state index in [1.54, 1.807) is 10.9 Å². The Morgan fingerprint density at radius 1 is 1.23 bits per heavy atom. The van der Waals surface area contributed by atoms with Crippen LogP contribution in [0.4, 0.5) is 0 Å². The van der Waals surface area contributed by atoms with E-state index < -0.39 is 0 Å². The van der Waals surface area contributed by atoms with Crippen molar-refractivity contribution < 1.29 is 9.21 Å². The molecular weight excluding hydrogens is 330 g/mol. The molecule has 0 unspecified atom stereocenters. The molecule has 3 rings (SSSR count). The largest absolute Gasteiger partial charge is 0.444 e. The monoisotopic (exact) mass is 359 g/mol. The average Bonchev–Trinajstić information content (AvgIpc) is 3.12. The van der Waals surface area contributed by atoms with Gasteiger partial charge >= 0.3 is 0 Å². The van der Waals surface area contributed by atoms with Crippen LogP contribution in [0.3, 0.4) is 0 Å². The maximum absolute atomic E-state index is 12.6. The second kappa shape index (κ2) is 7.61. The van der Waals surface area contributed by atoms with Crippen LogP contribution in [0.25, 0.3) is 0 Å². The van der Waals surface area contributed by atoms with Crippen molar-refractivity contribution in [3.05, 3.63) is 35.8 Å². The summed E-state index contributed by atoms with van der Waals surface area (Å²) in [5, 5.41) is 4.20. The molecule has 0 saturated carbocycles. The first kappa shape index (κ1) is 18.6. The second-order valence-electron chi connectivity index (χ2n) is 8.01. The van der Waals surface area contributed by atoms with E-state index >= 15 is 0 Å². The van der Waals surface area contributed by atoms with E-state index in [4.69, 9.17) is 4.42 Å². The molecule has 0 aliphatic carbocycles. The quantitative estimate of drug-likeness (QED) is 0.837. The van der Waals surface area contributed by atoms with Gasteiger partial charge in [0.2, 0.25) is 11.8 Å². The van der Waals surface area contributed by atoms with Gasteiger partial charge < -0.3 is 9.32 Å². The fourth-order valence-electron chi connectivity index (χ4n) is 3.09. The van der Waals surface area contributed by atoms with Crippen LogP contribution < -0.4 is 0 Å². The molecular formula is C19H29N5O2. The molecule has 0 radical (unpaired) electrons. The minimum atomic E-state index is -0.0299. The van der Waals surface area contributed by atoms with Crippen molar-refractivity contribution >= 4 is 5.91 Å². The van der Waals surface area contributed by atoms with Gasteiger partial charge in [-0.2, -0.15) is 5.10 Å². The number of hydrogen-bond acceptors (Lipinski definition) is 5. The van der Waals surface area contributed by atoms with E-state index in [0.29, 0.717) is 13.1 Å². The highest BCUT2D eigenvalue weighted by atomic mass is 16.4. The van der Waals surface area contributed by atoms with Crippen molar-refractivity contribution in [2.75, 3.05) is 26.2 Å². The zero-order valence-electron chi connectivity index (χ0n) is 16.2. The van der Waals surface area contributed by atoms with Crippen molar-refractivity contribution in [3.63, 3.8) is 0 Å². The minimum Gasteiger partial charge on any atom is -0.444 e. The molecule has 1 aliphatic heterocycles. The van der Waals surface area contributed by atoms with Gasteiger partial charge in [0.1, 0.15) is 12.3 Å². The zero-order valence-corrected chi connectivity index (χ0v) is 16.2. The molecule has 2 aromatic heterocycles. The Kier molecular flexibility index (Phi) is 5.46. The van der Waals surface area contributed by atoms with E-state index in [1.165, 1.54) is 0 Å². The number of carbonyl (C=O) groups is 1. The molecule has 26 heavy (non-hydrogen) atoms. The van der Waals surface area contributed by atoms with Crippen LogP contribution in [-0.4, -0.2) is 56.7 Å². The van der Waals surface area contributed by atoms with Crippen molar-refractivity contribution in [2.24, 2.45) is 0 Å². The molecule has 0 bridgehead atoms. The van der Waals surface area contributed by atoms with Crippen LogP contribution >= 0.6 is 0 Å². The molecule has 7 heteroatoms. The van der Waals surface area contributed by atoms with Crippen molar-refractivity contribution in [1.82, 2.24) is 24.6 Å². The molecule has 3 heterocycles. The molecule has 2 aromatic rings. The van der Waals surface area contributed by atoms with Gasteiger partial charge in [-0.3, -0.25) is 14.4 Å². The SMILES string of the molecule is Cc1ccnn1CC(=O)N1CCCN(Cc2ncc(C(C)(C)C)o2)CC1. The lowest BCUT2D eigenvalue weighted by Gasteiger charge is -2.21. The van der Waals surface area contributed by atoms with Crippen LogP contribution in [0, 0.1) is 6.92 Å². The number of hydrogen-bond donors (Lipinski definition) is 0. The van der Waals surface area contributed by atoms with E-state index in [-0.39, 0.29) is 11.3 Å². The molecule has 0 atom stereocenters. The molecule has 7 nitrogen and oxygen atoms in total. The second-order valence-corrected chi connectivity index (χ2v) is 8.01. The van der Waals surface area contributed by atoms with Crippen LogP contribution in [0.1, 0.15) is 44.5 Å². The molecule has 1 saturated heterocycles. The number of rotatable bonds is 4. The zero-order chi connectivity index (χ0) is 18.7. The Bertz CT molecular complexity index is 743. The summed E-state index contributed by atoms with van der Waals surface area (Å²) < 4.78 is 7.66. The van der Waals surface area contributed by atoms with Gasteiger partial charge in [0.15, 0.2) is 0 Å². The lowest BCUT2D eigenvalue weighted by molar-refractivity contribution is -0.131. The lowest BCUT2D eigenvalue weighted by atomic mass is 9.94. The predicted octanol–water partition coefficient (Wildman–Crippen LogP) is 2.21. The molecule has 0 aromatic carbocycles. The van der Waals surface area contributed by atoms with E-state index in [0.717, 1.165) is 49.9 Å². The van der Waals surface area contributed by atoms with Gasteiger partial charge in [-0.25, -0.2) is 4.98 Å². The summed E-state index contributed by atoms with van der Waals surface area (Å²) in [6.07, 6.45) is 4.51. The third kappa shape index (κ3) is 4.52. The first-order valence-electron chi connectivity index (χ1n) is 9.26. The first-order chi connectivity index (χ1) is 12.3. The van der Waals surface area contributed by atoms with Gasteiger partial charge in [-0.15, -0.1) is 0 Å². The summed E-state index contributed by atoms with van der Waals surface area (Å²) in [5.74, 6) is 1.79. The van der Waals surface area contributed by atoms with Gasteiger partial charge in [-0.1, -0.05) is 20.8 Å². The predicted molar refractivity (Wildman–Crippen MR) is 98.6 cm³/mol. The Balaban J connectivity index is 1.54. The highest BCUT2D eigenvalue weighted by Crippen LogP contribution is 2.23. The summed E-state index contributed by atoms with van der Waals surface area (Å²) in [5.41, 5.74) is 0.978. The Hall–Kier alpha value is -2.15. The standard InChI is InChI=1S/C19H29N5O2/c1-15-6-7-21-24(15)14-18(25)23-9-5-8-22(10-11-23)13-17-20-12-16(26-17)19(2,3)4/h6-7,12H,5,8-11,13-14H2,1-4H3. The van der Waals surface area contributed by atoms with Gasteiger partial charge in [-0.05, 0) is 19.4 Å². The number of nitrogens with zero attached hydrogens (tertiary/aromatic N) is 5. The van der Waals surface area contributed by atoms with Crippen LogP contribution in [0.15, 0.2) is 22.9 Å². The third-order valence-corrected chi connectivity index (χ3v) is 4.81. The van der Waals surface area contributed by atoms with E-state index in [2.05, 4.69) is 35.8 Å². The van der Waals surface area contributed by atoms with Crippen molar-refractivity contribution in [1.29, 1.82) is 0 Å². The van der Waals surface area contributed by atoms with Crippen molar-refractivity contribution in [3.8, 4) is 0 Å². The maximum Gasteiger partial charge on any atom is 0.244 e. The number of amides is 1. The van der Waals surface area contributed by atoms with E-state index in [9.17, 15) is 4.79 Å². The highest BCUT2D eigenvalue weighted by molar-refractivity contribution is 5.76. The summed E-state index contributed by atoms with van der Waals surface area (Å²) >= 11 is 0. The summed E-state index contributed by atoms with van der Waals surface area (Å²) in [6, 6.07) is 1.92. The third-order valence-electron chi connectivity index (χ3n) is 4.81. The van der Waals surface area contributed by atoms with Gasteiger partial charge in [0.05, 0.1) is 12.7 Å². The van der Waals surface area contributed by atoms with E-state index in [1.807, 2.05) is 24.1 Å². The Morgan fingerprint density at radius 2 is 2.04 bits per heavy atom. The smallest absolute Gasteiger partial charge is 0.244 e. The molecule has 1 fully saturated rings.